The molecule has 6 rings (SSSR count). The van der Waals surface area contributed by atoms with Crippen molar-refractivity contribution in [1.82, 2.24) is 15.0 Å². The molecule has 0 saturated carbocycles. The first kappa shape index (κ1) is 22.5. The van der Waals surface area contributed by atoms with Crippen LogP contribution in [0.25, 0.3) is 11.0 Å². The highest BCUT2D eigenvalue weighted by Crippen LogP contribution is 2.47. The number of rotatable bonds is 6. The minimum atomic E-state index is -0.437. The average molecular weight is 505 g/mol. The number of carbonyl (C=O) groups excluding carboxylic acids is 2. The Morgan fingerprint density at radius 2 is 2.14 bits per heavy atom. The van der Waals surface area contributed by atoms with Crippen molar-refractivity contribution < 1.29 is 23.5 Å². The smallest absolute Gasteiger partial charge is 0.356 e. The molecule has 0 amide bonds. The van der Waals surface area contributed by atoms with Crippen molar-refractivity contribution in [2.45, 2.75) is 42.4 Å². The maximum Gasteiger partial charge on any atom is 0.356 e. The van der Waals surface area contributed by atoms with Crippen LogP contribution in [0.4, 0.5) is 5.69 Å². The first-order valence-corrected chi connectivity index (χ1v) is 12.6. The van der Waals surface area contributed by atoms with Crippen LogP contribution < -0.4 is 10.1 Å². The number of aromatic amines is 2. The molecular formula is C26H24N4O5S. The molecule has 36 heavy (non-hydrogen) atoms. The normalized spacial score (nSPS) is 17.1. The molecule has 0 saturated heterocycles. The summed E-state index contributed by atoms with van der Waals surface area (Å²) >= 11 is 1.37. The lowest BCUT2D eigenvalue weighted by Gasteiger charge is -2.31. The SMILES string of the molecule is CCOC(=O)c1[nH]cc2c1NC1=C(C(=O)CCC1)C2c1ccc(Sc2nc3cc(OC)ccc3[nH]2)o1. The predicted octanol–water partition coefficient (Wildman–Crippen LogP) is 5.39. The van der Waals surface area contributed by atoms with Gasteiger partial charge in [-0.3, -0.25) is 4.79 Å². The van der Waals surface area contributed by atoms with E-state index in [1.807, 2.05) is 30.3 Å². The van der Waals surface area contributed by atoms with E-state index in [0.717, 1.165) is 40.9 Å². The number of fused-ring (bicyclic) bond motifs is 2. The molecule has 184 valence electrons. The Morgan fingerprint density at radius 3 is 2.97 bits per heavy atom. The van der Waals surface area contributed by atoms with Crippen LogP contribution in [0.1, 0.15) is 53.9 Å². The fourth-order valence-electron chi connectivity index (χ4n) is 4.87. The Hall–Kier alpha value is -3.92. The van der Waals surface area contributed by atoms with E-state index in [2.05, 4.69) is 20.3 Å². The lowest BCUT2D eigenvalue weighted by Crippen LogP contribution is -2.26. The highest BCUT2D eigenvalue weighted by atomic mass is 32.2. The number of nitrogens with one attached hydrogen (secondary N) is 3. The summed E-state index contributed by atoms with van der Waals surface area (Å²) in [4.78, 5) is 36.6. The average Bonchev–Trinajstić information content (AvgIpc) is 3.60. The summed E-state index contributed by atoms with van der Waals surface area (Å²) in [5.74, 6) is 0.610. The second-order valence-electron chi connectivity index (χ2n) is 8.63. The van der Waals surface area contributed by atoms with Crippen LogP contribution in [0.5, 0.6) is 5.75 Å². The van der Waals surface area contributed by atoms with Gasteiger partial charge in [0.2, 0.25) is 0 Å². The number of ether oxygens (including phenoxy) is 2. The number of esters is 1. The lowest BCUT2D eigenvalue weighted by atomic mass is 9.78. The Kier molecular flexibility index (Phi) is 5.60. The Bertz CT molecular complexity index is 1530. The summed E-state index contributed by atoms with van der Waals surface area (Å²) in [6.07, 6.45) is 3.75. The van der Waals surface area contributed by atoms with Gasteiger partial charge in [-0.2, -0.15) is 0 Å². The third-order valence-corrected chi connectivity index (χ3v) is 7.28. The van der Waals surface area contributed by atoms with Gasteiger partial charge in [0.25, 0.3) is 0 Å². The quantitative estimate of drug-likeness (QED) is 0.299. The van der Waals surface area contributed by atoms with Gasteiger partial charge in [0, 0.05) is 35.5 Å². The molecule has 1 unspecified atom stereocenters. The highest BCUT2D eigenvalue weighted by molar-refractivity contribution is 7.99. The van der Waals surface area contributed by atoms with Gasteiger partial charge in [0.1, 0.15) is 17.2 Å². The number of ketones is 1. The van der Waals surface area contributed by atoms with Crippen LogP contribution in [0, 0.1) is 0 Å². The summed E-state index contributed by atoms with van der Waals surface area (Å²) in [5.41, 5.74) is 5.01. The van der Waals surface area contributed by atoms with E-state index in [1.54, 1.807) is 20.2 Å². The summed E-state index contributed by atoms with van der Waals surface area (Å²) < 4.78 is 16.8. The topological polar surface area (TPSA) is 122 Å². The van der Waals surface area contributed by atoms with Crippen molar-refractivity contribution in [3.8, 4) is 5.75 Å². The number of hydrogen-bond donors (Lipinski definition) is 3. The number of hydrogen-bond acceptors (Lipinski definition) is 8. The summed E-state index contributed by atoms with van der Waals surface area (Å²) in [7, 11) is 1.62. The second-order valence-corrected chi connectivity index (χ2v) is 9.62. The van der Waals surface area contributed by atoms with E-state index in [1.165, 1.54) is 11.8 Å². The van der Waals surface area contributed by atoms with Crippen molar-refractivity contribution in [3.05, 3.63) is 64.8 Å². The van der Waals surface area contributed by atoms with Gasteiger partial charge in [-0.25, -0.2) is 9.78 Å². The lowest BCUT2D eigenvalue weighted by molar-refractivity contribution is -0.116. The minimum absolute atomic E-state index is 0.0927. The third kappa shape index (κ3) is 3.78. The zero-order chi connectivity index (χ0) is 24.8. The number of nitrogens with zero attached hydrogens (tertiary/aromatic N) is 1. The van der Waals surface area contributed by atoms with Crippen molar-refractivity contribution in [3.63, 3.8) is 0 Å². The molecule has 1 aliphatic heterocycles. The number of H-pyrrole nitrogens is 2. The number of allylic oxidation sites excluding steroid dienone is 2. The van der Waals surface area contributed by atoms with Gasteiger partial charge in [0.05, 0.1) is 36.4 Å². The van der Waals surface area contributed by atoms with Crippen LogP contribution in [0.3, 0.4) is 0 Å². The minimum Gasteiger partial charge on any atom is -0.497 e. The van der Waals surface area contributed by atoms with E-state index in [-0.39, 0.29) is 12.4 Å². The summed E-state index contributed by atoms with van der Waals surface area (Å²) in [5, 5.41) is 4.67. The Balaban J connectivity index is 1.36. The van der Waals surface area contributed by atoms with Gasteiger partial charge in [-0.05, 0) is 55.8 Å². The summed E-state index contributed by atoms with van der Waals surface area (Å²) in [6.45, 7) is 2.04. The van der Waals surface area contributed by atoms with Gasteiger partial charge < -0.3 is 29.2 Å². The fraction of sp³-hybridized carbons (Fsp3) is 0.269. The van der Waals surface area contributed by atoms with Crippen LogP contribution in [0.2, 0.25) is 0 Å². The monoisotopic (exact) mass is 504 g/mol. The molecule has 1 aliphatic carbocycles. The Morgan fingerprint density at radius 1 is 1.25 bits per heavy atom. The summed E-state index contributed by atoms with van der Waals surface area (Å²) in [6, 6.07) is 9.43. The van der Waals surface area contributed by atoms with Gasteiger partial charge >= 0.3 is 5.97 Å². The number of imidazole rings is 1. The fourth-order valence-corrected chi connectivity index (χ4v) is 5.64. The zero-order valence-electron chi connectivity index (χ0n) is 19.8. The molecule has 9 nitrogen and oxygen atoms in total. The van der Waals surface area contributed by atoms with Crippen LogP contribution >= 0.6 is 11.8 Å². The van der Waals surface area contributed by atoms with E-state index < -0.39 is 11.9 Å². The molecule has 0 spiro atoms. The third-order valence-electron chi connectivity index (χ3n) is 6.47. The molecule has 2 aliphatic rings. The highest BCUT2D eigenvalue weighted by Gasteiger charge is 2.39. The molecule has 0 bridgehead atoms. The first-order valence-electron chi connectivity index (χ1n) is 11.8. The van der Waals surface area contributed by atoms with Crippen molar-refractivity contribution >= 4 is 40.2 Å². The maximum absolute atomic E-state index is 13.0. The van der Waals surface area contributed by atoms with Crippen LogP contribution in [-0.2, 0) is 9.53 Å². The van der Waals surface area contributed by atoms with Gasteiger partial charge in [0.15, 0.2) is 16.0 Å². The molecule has 4 aromatic rings. The first-order chi connectivity index (χ1) is 17.6. The second kappa shape index (κ2) is 8.94. The van der Waals surface area contributed by atoms with Crippen LogP contribution in [-0.4, -0.2) is 40.4 Å². The predicted molar refractivity (Wildman–Crippen MR) is 134 cm³/mol. The maximum atomic E-state index is 13.0. The van der Waals surface area contributed by atoms with Crippen molar-refractivity contribution in [2.24, 2.45) is 0 Å². The van der Waals surface area contributed by atoms with Crippen molar-refractivity contribution in [1.29, 1.82) is 0 Å². The standard InChI is InChI=1S/C26H24N4O5S/c1-3-34-25(32)24-23-14(12-27-24)21(22-16(28-23)5-4-6-18(22)31)19-9-10-20(35-19)36-26-29-15-8-7-13(33-2)11-17(15)30-26/h7-12,21,27-28H,3-6H2,1-2H3,(H,29,30). The molecule has 4 heterocycles. The van der Waals surface area contributed by atoms with Gasteiger partial charge in [-0.15, -0.1) is 0 Å². The number of benzene rings is 1. The molecule has 1 aromatic carbocycles. The number of carbonyl (C=O) groups is 2. The number of aromatic nitrogens is 3. The largest absolute Gasteiger partial charge is 0.497 e. The number of methoxy groups -OCH3 is 1. The molecule has 10 heteroatoms. The number of anilines is 1. The molecule has 3 aromatic heterocycles. The van der Waals surface area contributed by atoms with Crippen LogP contribution in [0.15, 0.2) is 62.5 Å². The zero-order valence-corrected chi connectivity index (χ0v) is 20.6. The Labute approximate surface area is 210 Å². The molecule has 0 radical (unpaired) electrons. The van der Waals surface area contributed by atoms with Crippen molar-refractivity contribution in [2.75, 3.05) is 19.0 Å². The van der Waals surface area contributed by atoms with E-state index in [0.29, 0.717) is 39.4 Å². The molecule has 1 atom stereocenters. The molecular weight excluding hydrogens is 480 g/mol. The van der Waals surface area contributed by atoms with Gasteiger partial charge in [-0.1, -0.05) is 0 Å². The van der Waals surface area contributed by atoms with E-state index in [9.17, 15) is 9.59 Å². The molecule has 0 fully saturated rings. The number of furan rings is 1. The molecule has 3 N–H and O–H groups in total. The van der Waals surface area contributed by atoms with E-state index >= 15 is 0 Å². The van der Waals surface area contributed by atoms with E-state index in [4.69, 9.17) is 13.9 Å². The number of Topliss-reactive ketones (excluding diaryl/α,β-unsaturated/α-hetero) is 1.